The van der Waals surface area contributed by atoms with E-state index in [0.29, 0.717) is 24.6 Å². The van der Waals surface area contributed by atoms with Crippen LogP contribution >= 0.6 is 11.3 Å². The Hall–Kier alpha value is -1.14. The zero-order chi connectivity index (χ0) is 15.2. The summed E-state index contributed by atoms with van der Waals surface area (Å²) in [5, 5.41) is 7.26. The molecule has 0 bridgehead atoms. The Morgan fingerprint density at radius 3 is 3.05 bits per heavy atom. The number of amides is 2. The lowest BCUT2D eigenvalue weighted by atomic mass is 9.54. The summed E-state index contributed by atoms with van der Waals surface area (Å²) in [7, 11) is 0. The fourth-order valence-electron chi connectivity index (χ4n) is 4.75. The lowest BCUT2D eigenvalue weighted by Gasteiger charge is -2.56. The SMILES string of the molecule is Cc1ncc(CNC(=O)N[C@@H]2[C@@H]3CCO[C@@H]3C23CCCC3)s1. The molecular formula is C16H23N3O2S. The topological polar surface area (TPSA) is 63.2 Å². The van der Waals surface area contributed by atoms with E-state index >= 15 is 0 Å². The average Bonchev–Trinajstić information content (AvgIpc) is 3.22. The molecule has 3 atom stereocenters. The molecular weight excluding hydrogens is 298 g/mol. The highest BCUT2D eigenvalue weighted by molar-refractivity contribution is 7.11. The summed E-state index contributed by atoms with van der Waals surface area (Å²) in [5.41, 5.74) is 0.222. The van der Waals surface area contributed by atoms with Gasteiger partial charge in [0.2, 0.25) is 0 Å². The zero-order valence-electron chi connectivity index (χ0n) is 12.9. The molecule has 4 rings (SSSR count). The van der Waals surface area contributed by atoms with Crippen molar-refractivity contribution in [3.05, 3.63) is 16.1 Å². The van der Waals surface area contributed by atoms with Gasteiger partial charge in [-0.25, -0.2) is 9.78 Å². The first-order valence-corrected chi connectivity index (χ1v) is 9.08. The molecule has 1 saturated heterocycles. The van der Waals surface area contributed by atoms with Crippen molar-refractivity contribution < 1.29 is 9.53 Å². The average molecular weight is 321 g/mol. The maximum absolute atomic E-state index is 12.3. The molecule has 0 unspecified atom stereocenters. The fraction of sp³-hybridized carbons (Fsp3) is 0.750. The lowest BCUT2D eigenvalue weighted by molar-refractivity contribution is -0.126. The highest BCUT2D eigenvalue weighted by atomic mass is 32.1. The molecule has 5 nitrogen and oxygen atoms in total. The summed E-state index contributed by atoms with van der Waals surface area (Å²) < 4.78 is 5.96. The molecule has 0 radical (unpaired) electrons. The standard InChI is InChI=1S/C16H23N3O2S/c1-10-17-8-11(22-10)9-18-15(20)19-13-12-4-7-21-14(12)16(13)5-2-3-6-16/h8,12-14H,2-7,9H2,1H3,(H2,18,19,20)/t12-,13+,14-/m0/s1. The molecule has 1 aromatic rings. The molecule has 2 N–H and O–H groups in total. The molecule has 2 saturated carbocycles. The van der Waals surface area contributed by atoms with Crippen LogP contribution in [0.1, 0.15) is 42.0 Å². The number of thiazole rings is 1. The van der Waals surface area contributed by atoms with E-state index in [1.165, 1.54) is 25.7 Å². The largest absolute Gasteiger partial charge is 0.377 e. The van der Waals surface area contributed by atoms with Crippen LogP contribution in [0.4, 0.5) is 4.79 Å². The highest BCUT2D eigenvalue weighted by Gasteiger charge is 2.65. The van der Waals surface area contributed by atoms with Gasteiger partial charge in [-0.15, -0.1) is 11.3 Å². The van der Waals surface area contributed by atoms with Crippen LogP contribution in [0.2, 0.25) is 0 Å². The first kappa shape index (κ1) is 14.5. The summed E-state index contributed by atoms with van der Waals surface area (Å²) in [6, 6.07) is 0.248. The third-order valence-electron chi connectivity index (χ3n) is 5.67. The van der Waals surface area contributed by atoms with Gasteiger partial charge in [0.15, 0.2) is 0 Å². The van der Waals surface area contributed by atoms with E-state index < -0.39 is 0 Å². The first-order chi connectivity index (χ1) is 10.7. The number of urea groups is 1. The number of rotatable bonds is 3. The number of nitrogens with one attached hydrogen (secondary N) is 2. The second kappa shape index (κ2) is 5.49. The molecule has 120 valence electrons. The minimum Gasteiger partial charge on any atom is -0.377 e. The number of aromatic nitrogens is 1. The monoisotopic (exact) mass is 321 g/mol. The van der Waals surface area contributed by atoms with Crippen LogP contribution in [0, 0.1) is 18.3 Å². The van der Waals surface area contributed by atoms with Gasteiger partial charge in [-0.2, -0.15) is 0 Å². The van der Waals surface area contributed by atoms with Gasteiger partial charge in [-0.3, -0.25) is 0 Å². The maximum Gasteiger partial charge on any atom is 0.315 e. The van der Waals surface area contributed by atoms with E-state index in [1.54, 1.807) is 11.3 Å². The molecule has 2 aliphatic carbocycles. The Morgan fingerprint density at radius 2 is 2.32 bits per heavy atom. The smallest absolute Gasteiger partial charge is 0.315 e. The summed E-state index contributed by atoms with van der Waals surface area (Å²) >= 11 is 1.63. The van der Waals surface area contributed by atoms with Gasteiger partial charge in [0.1, 0.15) is 0 Å². The highest BCUT2D eigenvalue weighted by Crippen LogP contribution is 2.60. The third-order valence-corrected chi connectivity index (χ3v) is 6.58. The first-order valence-electron chi connectivity index (χ1n) is 8.26. The van der Waals surface area contributed by atoms with Crippen LogP contribution in [-0.2, 0) is 11.3 Å². The number of carbonyl (C=O) groups excluding carboxylic acids is 1. The minimum atomic E-state index is -0.0484. The lowest BCUT2D eigenvalue weighted by Crippen LogP contribution is -2.69. The summed E-state index contributed by atoms with van der Waals surface area (Å²) in [4.78, 5) is 17.6. The Labute approximate surface area is 134 Å². The molecule has 2 amide bonds. The molecule has 6 heteroatoms. The fourth-order valence-corrected chi connectivity index (χ4v) is 5.49. The van der Waals surface area contributed by atoms with E-state index in [1.807, 2.05) is 13.1 Å². The predicted octanol–water partition coefficient (Wildman–Crippen LogP) is 2.60. The quantitative estimate of drug-likeness (QED) is 0.899. The van der Waals surface area contributed by atoms with Gasteiger partial charge >= 0.3 is 6.03 Å². The summed E-state index contributed by atoms with van der Waals surface area (Å²) in [5.74, 6) is 0.523. The Balaban J connectivity index is 1.36. The van der Waals surface area contributed by atoms with Gasteiger partial charge < -0.3 is 15.4 Å². The van der Waals surface area contributed by atoms with Crippen molar-refractivity contribution in [2.45, 2.75) is 57.7 Å². The number of fused-ring (bicyclic) bond motifs is 2. The summed E-state index contributed by atoms with van der Waals surface area (Å²) in [6.07, 6.45) is 8.26. The molecule has 1 aliphatic heterocycles. The number of hydrogen-bond donors (Lipinski definition) is 2. The van der Waals surface area contributed by atoms with Crippen LogP contribution in [0.15, 0.2) is 6.20 Å². The second-order valence-corrected chi connectivity index (χ2v) is 8.15. The van der Waals surface area contributed by atoms with Gasteiger partial charge in [-0.1, -0.05) is 12.8 Å². The number of aryl methyl sites for hydroxylation is 1. The van der Waals surface area contributed by atoms with Crippen LogP contribution in [0.3, 0.4) is 0 Å². The molecule has 3 aliphatic rings. The Morgan fingerprint density at radius 1 is 1.50 bits per heavy atom. The molecule has 2 heterocycles. The van der Waals surface area contributed by atoms with Gasteiger partial charge in [0, 0.05) is 35.1 Å². The maximum atomic E-state index is 12.3. The van der Waals surface area contributed by atoms with Crippen LogP contribution in [-0.4, -0.2) is 29.8 Å². The van der Waals surface area contributed by atoms with E-state index in [0.717, 1.165) is 22.9 Å². The predicted molar refractivity (Wildman–Crippen MR) is 84.8 cm³/mol. The minimum absolute atomic E-state index is 0.0484. The van der Waals surface area contributed by atoms with Crippen LogP contribution in [0.25, 0.3) is 0 Å². The van der Waals surface area contributed by atoms with E-state index in [4.69, 9.17) is 4.74 Å². The van der Waals surface area contributed by atoms with Crippen LogP contribution < -0.4 is 10.6 Å². The van der Waals surface area contributed by atoms with Crippen molar-refractivity contribution in [1.82, 2.24) is 15.6 Å². The molecule has 1 aromatic heterocycles. The van der Waals surface area contributed by atoms with Crippen molar-refractivity contribution in [3.63, 3.8) is 0 Å². The molecule has 1 spiro atoms. The molecule has 0 aromatic carbocycles. The van der Waals surface area contributed by atoms with Crippen molar-refractivity contribution in [2.24, 2.45) is 11.3 Å². The van der Waals surface area contributed by atoms with Crippen molar-refractivity contribution >= 4 is 17.4 Å². The van der Waals surface area contributed by atoms with Gasteiger partial charge in [0.25, 0.3) is 0 Å². The van der Waals surface area contributed by atoms with Crippen molar-refractivity contribution in [3.8, 4) is 0 Å². The van der Waals surface area contributed by atoms with E-state index in [-0.39, 0.29) is 11.4 Å². The third kappa shape index (κ3) is 2.24. The Kier molecular flexibility index (Phi) is 3.61. The molecule has 3 fully saturated rings. The number of ether oxygens (including phenoxy) is 1. The Bertz CT molecular complexity index is 567. The van der Waals surface area contributed by atoms with Crippen molar-refractivity contribution in [1.29, 1.82) is 0 Å². The van der Waals surface area contributed by atoms with Gasteiger partial charge in [0.05, 0.1) is 17.7 Å². The van der Waals surface area contributed by atoms with E-state index in [9.17, 15) is 4.79 Å². The number of hydrogen-bond acceptors (Lipinski definition) is 4. The van der Waals surface area contributed by atoms with E-state index in [2.05, 4.69) is 15.6 Å². The zero-order valence-corrected chi connectivity index (χ0v) is 13.7. The number of nitrogens with zero attached hydrogens (tertiary/aromatic N) is 1. The van der Waals surface area contributed by atoms with Gasteiger partial charge in [-0.05, 0) is 26.2 Å². The summed E-state index contributed by atoms with van der Waals surface area (Å²) in [6.45, 7) is 3.39. The van der Waals surface area contributed by atoms with Crippen LogP contribution in [0.5, 0.6) is 0 Å². The molecule has 22 heavy (non-hydrogen) atoms. The number of carbonyl (C=O) groups is 1. The van der Waals surface area contributed by atoms with Crippen molar-refractivity contribution in [2.75, 3.05) is 6.61 Å². The second-order valence-electron chi connectivity index (χ2n) is 6.83. The normalized spacial score (nSPS) is 31.8.